The van der Waals surface area contributed by atoms with Crippen LogP contribution >= 0.6 is 0 Å². The molecule has 1 aromatic rings. The largest absolute Gasteiger partial charge is 0.416 e. The molecule has 2 amide bonds. The summed E-state index contributed by atoms with van der Waals surface area (Å²) >= 11 is 0. The Labute approximate surface area is 168 Å². The fraction of sp³-hybridized carbons (Fsp3) is 0.619. The summed E-state index contributed by atoms with van der Waals surface area (Å²) in [6.45, 7) is 3.68. The van der Waals surface area contributed by atoms with Gasteiger partial charge in [0.05, 0.1) is 25.2 Å². The normalized spacial score (nSPS) is 18.7. The number of carbonyl (C=O) groups excluding carboxylic acids is 2. The van der Waals surface area contributed by atoms with Gasteiger partial charge in [0.2, 0.25) is 11.8 Å². The number of carbonyl (C=O) groups is 2. The lowest BCUT2D eigenvalue weighted by Crippen LogP contribution is -2.41. The first-order chi connectivity index (χ1) is 13.8. The Kier molecular flexibility index (Phi) is 7.16. The molecule has 1 aromatic carbocycles. The molecule has 2 fully saturated rings. The minimum Gasteiger partial charge on any atom is -0.378 e. The Morgan fingerprint density at radius 1 is 1.00 bits per heavy atom. The third-order valence-corrected chi connectivity index (χ3v) is 5.71. The number of ether oxygens (including phenoxy) is 1. The number of morpholine rings is 1. The highest BCUT2D eigenvalue weighted by Gasteiger charge is 2.31. The minimum atomic E-state index is -4.41. The smallest absolute Gasteiger partial charge is 0.378 e. The molecule has 2 aliphatic rings. The molecule has 8 heteroatoms. The van der Waals surface area contributed by atoms with E-state index in [0.29, 0.717) is 57.3 Å². The predicted molar refractivity (Wildman–Crippen MR) is 101 cm³/mol. The van der Waals surface area contributed by atoms with Crippen molar-refractivity contribution in [3.8, 4) is 0 Å². The maximum atomic E-state index is 12.8. The average molecular weight is 412 g/mol. The number of halogens is 3. The van der Waals surface area contributed by atoms with Gasteiger partial charge in [-0.15, -0.1) is 0 Å². The standard InChI is InChI=1S/C21H27F3N2O3/c22-21(23,24)18-3-1-2-17(14-18)15-20(28)25-8-6-16(7-9-25)4-5-19(27)26-10-12-29-13-11-26/h1-3,14,16H,4-13,15H2. The summed E-state index contributed by atoms with van der Waals surface area (Å²) in [5, 5.41) is 0. The second-order valence-electron chi connectivity index (χ2n) is 7.73. The van der Waals surface area contributed by atoms with Gasteiger partial charge < -0.3 is 14.5 Å². The number of alkyl halides is 3. The molecule has 2 saturated heterocycles. The zero-order chi connectivity index (χ0) is 20.9. The molecule has 0 atom stereocenters. The molecular formula is C21H27F3N2O3. The molecule has 2 heterocycles. The summed E-state index contributed by atoms with van der Waals surface area (Å²) in [5.74, 6) is 0.418. The molecule has 0 N–H and O–H groups in total. The van der Waals surface area contributed by atoms with Crippen LogP contribution in [0.4, 0.5) is 13.2 Å². The van der Waals surface area contributed by atoms with Crippen molar-refractivity contribution < 1.29 is 27.5 Å². The fourth-order valence-corrected chi connectivity index (χ4v) is 3.91. The summed E-state index contributed by atoms with van der Waals surface area (Å²) in [5.41, 5.74) is -0.352. The van der Waals surface area contributed by atoms with E-state index in [0.717, 1.165) is 31.4 Å². The topological polar surface area (TPSA) is 49.9 Å². The van der Waals surface area contributed by atoms with Crippen LogP contribution in [0.3, 0.4) is 0 Å². The van der Waals surface area contributed by atoms with E-state index in [-0.39, 0.29) is 18.2 Å². The van der Waals surface area contributed by atoms with Gasteiger partial charge in [-0.3, -0.25) is 9.59 Å². The highest BCUT2D eigenvalue weighted by Crippen LogP contribution is 2.30. The van der Waals surface area contributed by atoms with Gasteiger partial charge in [-0.05, 0) is 36.8 Å². The van der Waals surface area contributed by atoms with Gasteiger partial charge in [0.15, 0.2) is 0 Å². The highest BCUT2D eigenvalue weighted by molar-refractivity contribution is 5.79. The summed E-state index contributed by atoms with van der Waals surface area (Å²) in [6.07, 6.45) is -1.45. The Morgan fingerprint density at radius 2 is 1.66 bits per heavy atom. The maximum Gasteiger partial charge on any atom is 0.416 e. The second kappa shape index (κ2) is 9.61. The predicted octanol–water partition coefficient (Wildman–Crippen LogP) is 3.13. The lowest BCUT2D eigenvalue weighted by Gasteiger charge is -2.33. The SMILES string of the molecule is O=C(CCC1CCN(C(=O)Cc2cccc(C(F)(F)F)c2)CC1)N1CCOCC1. The van der Waals surface area contributed by atoms with E-state index < -0.39 is 11.7 Å². The van der Waals surface area contributed by atoms with Gasteiger partial charge in [-0.2, -0.15) is 13.2 Å². The number of benzene rings is 1. The first-order valence-corrected chi connectivity index (χ1v) is 10.1. The second-order valence-corrected chi connectivity index (χ2v) is 7.73. The molecule has 2 aliphatic heterocycles. The molecule has 29 heavy (non-hydrogen) atoms. The van der Waals surface area contributed by atoms with Gasteiger partial charge in [-0.1, -0.05) is 18.2 Å². The molecule has 0 radical (unpaired) electrons. The van der Waals surface area contributed by atoms with Gasteiger partial charge in [-0.25, -0.2) is 0 Å². The van der Waals surface area contributed by atoms with Crippen LogP contribution in [0.5, 0.6) is 0 Å². The molecular weight excluding hydrogens is 385 g/mol. The number of likely N-dealkylation sites (tertiary alicyclic amines) is 1. The van der Waals surface area contributed by atoms with Crippen LogP contribution in [0.1, 0.15) is 36.8 Å². The number of piperidine rings is 1. The third kappa shape index (κ3) is 6.19. The molecule has 0 spiro atoms. The van der Waals surface area contributed by atoms with E-state index in [4.69, 9.17) is 4.74 Å². The fourth-order valence-electron chi connectivity index (χ4n) is 3.91. The first kappa shape index (κ1) is 21.6. The van der Waals surface area contributed by atoms with Crippen molar-refractivity contribution in [2.75, 3.05) is 39.4 Å². The maximum absolute atomic E-state index is 12.8. The summed E-state index contributed by atoms with van der Waals surface area (Å²) < 4.78 is 43.7. The first-order valence-electron chi connectivity index (χ1n) is 10.1. The molecule has 0 saturated carbocycles. The lowest BCUT2D eigenvalue weighted by molar-refractivity contribution is -0.138. The van der Waals surface area contributed by atoms with E-state index >= 15 is 0 Å². The van der Waals surface area contributed by atoms with E-state index in [9.17, 15) is 22.8 Å². The number of rotatable bonds is 5. The highest BCUT2D eigenvalue weighted by atomic mass is 19.4. The van der Waals surface area contributed by atoms with E-state index in [2.05, 4.69) is 0 Å². The third-order valence-electron chi connectivity index (χ3n) is 5.71. The number of hydrogen-bond acceptors (Lipinski definition) is 3. The summed E-state index contributed by atoms with van der Waals surface area (Å²) in [4.78, 5) is 28.3. The molecule has 5 nitrogen and oxygen atoms in total. The number of nitrogens with zero attached hydrogens (tertiary/aromatic N) is 2. The molecule has 0 unspecified atom stereocenters. The van der Waals surface area contributed by atoms with E-state index in [1.54, 1.807) is 11.0 Å². The van der Waals surface area contributed by atoms with Gasteiger partial charge in [0.1, 0.15) is 0 Å². The van der Waals surface area contributed by atoms with Gasteiger partial charge in [0.25, 0.3) is 0 Å². The molecule has 0 bridgehead atoms. The van der Waals surface area contributed by atoms with E-state index in [1.165, 1.54) is 6.07 Å². The number of hydrogen-bond donors (Lipinski definition) is 0. The van der Waals surface area contributed by atoms with Crippen molar-refractivity contribution in [2.24, 2.45) is 5.92 Å². The molecule has 0 aromatic heterocycles. The quantitative estimate of drug-likeness (QED) is 0.747. The summed E-state index contributed by atoms with van der Waals surface area (Å²) in [6, 6.07) is 4.94. The van der Waals surface area contributed by atoms with Crippen LogP contribution in [0.25, 0.3) is 0 Å². The van der Waals surface area contributed by atoms with Crippen molar-refractivity contribution in [2.45, 2.75) is 38.3 Å². The molecule has 160 valence electrons. The monoisotopic (exact) mass is 412 g/mol. The Morgan fingerprint density at radius 3 is 2.31 bits per heavy atom. The van der Waals surface area contributed by atoms with Crippen LogP contribution in [0.15, 0.2) is 24.3 Å². The van der Waals surface area contributed by atoms with Crippen molar-refractivity contribution >= 4 is 11.8 Å². The van der Waals surface area contributed by atoms with Crippen LogP contribution in [0.2, 0.25) is 0 Å². The van der Waals surface area contributed by atoms with Crippen LogP contribution in [-0.4, -0.2) is 61.0 Å². The summed E-state index contributed by atoms with van der Waals surface area (Å²) in [7, 11) is 0. The Balaban J connectivity index is 1.42. The van der Waals surface area contributed by atoms with Crippen molar-refractivity contribution in [1.29, 1.82) is 0 Å². The average Bonchev–Trinajstić information content (AvgIpc) is 2.72. The lowest BCUT2D eigenvalue weighted by atomic mass is 9.91. The van der Waals surface area contributed by atoms with Crippen molar-refractivity contribution in [3.63, 3.8) is 0 Å². The van der Waals surface area contributed by atoms with Gasteiger partial charge in [0, 0.05) is 32.6 Å². The Hall–Kier alpha value is -2.09. The van der Waals surface area contributed by atoms with E-state index in [1.807, 2.05) is 4.90 Å². The number of amides is 2. The van der Waals surface area contributed by atoms with Gasteiger partial charge >= 0.3 is 6.18 Å². The Bertz CT molecular complexity index is 709. The van der Waals surface area contributed by atoms with Crippen molar-refractivity contribution in [1.82, 2.24) is 9.80 Å². The molecule has 3 rings (SSSR count). The minimum absolute atomic E-state index is 0.0237. The molecule has 0 aliphatic carbocycles. The van der Waals surface area contributed by atoms with Crippen molar-refractivity contribution in [3.05, 3.63) is 35.4 Å². The zero-order valence-electron chi connectivity index (χ0n) is 16.4. The van der Waals surface area contributed by atoms with Crippen LogP contribution in [-0.2, 0) is 26.9 Å². The van der Waals surface area contributed by atoms with Crippen LogP contribution < -0.4 is 0 Å². The van der Waals surface area contributed by atoms with Crippen LogP contribution in [0, 0.1) is 5.92 Å². The zero-order valence-corrected chi connectivity index (χ0v) is 16.4.